The van der Waals surface area contributed by atoms with Gasteiger partial charge in [0.2, 0.25) is 0 Å². The van der Waals surface area contributed by atoms with Gasteiger partial charge < -0.3 is 10.3 Å². The molecular weight excluding hydrogens is 193 g/mol. The lowest BCUT2D eigenvalue weighted by atomic mass is 10.1. The molecule has 1 aromatic carbocycles. The van der Waals surface area contributed by atoms with Gasteiger partial charge in [-0.25, -0.2) is 9.37 Å². The van der Waals surface area contributed by atoms with Crippen LogP contribution in [0.15, 0.2) is 36.9 Å². The second kappa shape index (κ2) is 4.23. The van der Waals surface area contributed by atoms with Crippen molar-refractivity contribution in [3.63, 3.8) is 0 Å². The Hall–Kier alpha value is -1.68. The van der Waals surface area contributed by atoms with Crippen LogP contribution in [0.3, 0.4) is 0 Å². The van der Waals surface area contributed by atoms with Gasteiger partial charge in [0.25, 0.3) is 0 Å². The molecule has 2 rings (SSSR count). The zero-order chi connectivity index (χ0) is 10.7. The number of nitrogens with zero attached hydrogens (tertiary/aromatic N) is 2. The molecule has 0 radical (unpaired) electrons. The van der Waals surface area contributed by atoms with Crippen molar-refractivity contribution in [1.29, 1.82) is 0 Å². The Balaban J connectivity index is 2.22. The Bertz CT molecular complexity index is 437. The van der Waals surface area contributed by atoms with Crippen LogP contribution in [0.1, 0.15) is 11.1 Å². The second-order valence-electron chi connectivity index (χ2n) is 3.36. The summed E-state index contributed by atoms with van der Waals surface area (Å²) in [5.41, 5.74) is 6.87. The highest BCUT2D eigenvalue weighted by Crippen LogP contribution is 2.11. The van der Waals surface area contributed by atoms with Gasteiger partial charge in [0.15, 0.2) is 0 Å². The molecule has 0 aliphatic heterocycles. The number of nitrogens with two attached hydrogens (primary N) is 1. The summed E-state index contributed by atoms with van der Waals surface area (Å²) in [6.45, 7) is 0.860. The van der Waals surface area contributed by atoms with Crippen molar-refractivity contribution >= 4 is 0 Å². The fourth-order valence-corrected chi connectivity index (χ4v) is 1.42. The van der Waals surface area contributed by atoms with Gasteiger partial charge in [0.05, 0.1) is 12.9 Å². The van der Waals surface area contributed by atoms with Gasteiger partial charge in [-0.2, -0.15) is 0 Å². The van der Waals surface area contributed by atoms with Crippen LogP contribution in [-0.4, -0.2) is 9.55 Å². The minimum absolute atomic E-state index is 0.216. The summed E-state index contributed by atoms with van der Waals surface area (Å²) in [6, 6.07) is 5.08. The first-order chi connectivity index (χ1) is 7.29. The quantitative estimate of drug-likeness (QED) is 0.825. The predicted molar refractivity (Wildman–Crippen MR) is 55.6 cm³/mol. The van der Waals surface area contributed by atoms with E-state index >= 15 is 0 Å². The average molecular weight is 205 g/mol. The van der Waals surface area contributed by atoms with Gasteiger partial charge in [-0.1, -0.05) is 12.1 Å². The van der Waals surface area contributed by atoms with Crippen LogP contribution in [0.5, 0.6) is 0 Å². The molecule has 0 bridgehead atoms. The maximum absolute atomic E-state index is 13.5. The zero-order valence-electron chi connectivity index (χ0n) is 8.23. The van der Waals surface area contributed by atoms with E-state index < -0.39 is 0 Å². The van der Waals surface area contributed by atoms with Crippen LogP contribution >= 0.6 is 0 Å². The largest absolute Gasteiger partial charge is 0.333 e. The van der Waals surface area contributed by atoms with Gasteiger partial charge in [-0.15, -0.1) is 0 Å². The maximum Gasteiger partial charge on any atom is 0.128 e. The van der Waals surface area contributed by atoms with E-state index in [0.29, 0.717) is 18.7 Å². The van der Waals surface area contributed by atoms with E-state index in [1.165, 1.54) is 6.07 Å². The third-order valence-corrected chi connectivity index (χ3v) is 2.27. The fourth-order valence-electron chi connectivity index (χ4n) is 1.42. The molecule has 2 N–H and O–H groups in total. The summed E-state index contributed by atoms with van der Waals surface area (Å²) in [6.07, 6.45) is 5.14. The Kier molecular flexibility index (Phi) is 2.78. The molecule has 1 heterocycles. The number of benzene rings is 1. The molecule has 0 unspecified atom stereocenters. The molecule has 2 aromatic rings. The molecule has 15 heavy (non-hydrogen) atoms. The SMILES string of the molecule is NCc1ccc(Cn2ccnc2)c(F)c1. The van der Waals surface area contributed by atoms with Crippen molar-refractivity contribution in [3.8, 4) is 0 Å². The minimum Gasteiger partial charge on any atom is -0.333 e. The molecular formula is C11H12FN3. The molecule has 78 valence electrons. The summed E-state index contributed by atoms with van der Waals surface area (Å²) < 4.78 is 15.4. The van der Waals surface area contributed by atoms with E-state index in [1.54, 1.807) is 24.8 Å². The lowest BCUT2D eigenvalue weighted by Crippen LogP contribution is -2.02. The zero-order valence-corrected chi connectivity index (χ0v) is 8.23. The van der Waals surface area contributed by atoms with Gasteiger partial charge in [-0.05, 0) is 11.6 Å². The molecule has 0 aliphatic rings. The van der Waals surface area contributed by atoms with Gasteiger partial charge >= 0.3 is 0 Å². The molecule has 0 amide bonds. The number of aromatic nitrogens is 2. The number of hydrogen-bond acceptors (Lipinski definition) is 2. The smallest absolute Gasteiger partial charge is 0.128 e. The van der Waals surface area contributed by atoms with Gasteiger partial charge in [-0.3, -0.25) is 0 Å². The summed E-state index contributed by atoms with van der Waals surface area (Å²) >= 11 is 0. The Morgan fingerprint density at radius 1 is 1.40 bits per heavy atom. The number of rotatable bonds is 3. The molecule has 1 aromatic heterocycles. The Morgan fingerprint density at radius 2 is 2.27 bits per heavy atom. The lowest BCUT2D eigenvalue weighted by molar-refractivity contribution is 0.597. The molecule has 0 saturated carbocycles. The van der Waals surface area contributed by atoms with Gasteiger partial charge in [0, 0.05) is 24.5 Å². The van der Waals surface area contributed by atoms with Gasteiger partial charge in [0.1, 0.15) is 5.82 Å². The molecule has 4 heteroatoms. The van der Waals surface area contributed by atoms with E-state index in [1.807, 2.05) is 10.6 Å². The van der Waals surface area contributed by atoms with Crippen LogP contribution in [0.2, 0.25) is 0 Å². The first-order valence-corrected chi connectivity index (χ1v) is 4.72. The highest BCUT2D eigenvalue weighted by atomic mass is 19.1. The maximum atomic E-state index is 13.5. The summed E-state index contributed by atoms with van der Waals surface area (Å²) in [7, 11) is 0. The molecule has 0 fully saturated rings. The Labute approximate surface area is 87.4 Å². The third kappa shape index (κ3) is 2.22. The first kappa shape index (κ1) is 9.86. The summed E-state index contributed by atoms with van der Waals surface area (Å²) in [5.74, 6) is -0.216. The molecule has 0 aliphatic carbocycles. The monoisotopic (exact) mass is 205 g/mol. The van der Waals surface area contributed by atoms with E-state index in [2.05, 4.69) is 4.98 Å². The predicted octanol–water partition coefficient (Wildman–Crippen LogP) is 1.53. The highest BCUT2D eigenvalue weighted by Gasteiger charge is 2.03. The summed E-state index contributed by atoms with van der Waals surface area (Å²) in [5, 5.41) is 0. The molecule has 0 saturated heterocycles. The molecule has 0 atom stereocenters. The molecule has 3 nitrogen and oxygen atoms in total. The fraction of sp³-hybridized carbons (Fsp3) is 0.182. The van der Waals surface area contributed by atoms with E-state index in [9.17, 15) is 4.39 Å². The van der Waals surface area contributed by atoms with Crippen LogP contribution < -0.4 is 5.73 Å². The van der Waals surface area contributed by atoms with E-state index in [0.717, 1.165) is 5.56 Å². The van der Waals surface area contributed by atoms with Crippen LogP contribution in [0.25, 0.3) is 0 Å². The Morgan fingerprint density at radius 3 is 2.87 bits per heavy atom. The van der Waals surface area contributed by atoms with Crippen molar-refractivity contribution in [2.75, 3.05) is 0 Å². The second-order valence-corrected chi connectivity index (χ2v) is 3.36. The average Bonchev–Trinajstić information content (AvgIpc) is 2.74. The van der Waals surface area contributed by atoms with Crippen molar-refractivity contribution in [2.45, 2.75) is 13.1 Å². The topological polar surface area (TPSA) is 43.8 Å². The standard InChI is InChI=1S/C11H12FN3/c12-11-5-9(6-13)1-2-10(11)7-15-4-3-14-8-15/h1-5,8H,6-7,13H2. The van der Waals surface area contributed by atoms with Crippen molar-refractivity contribution in [3.05, 3.63) is 53.9 Å². The minimum atomic E-state index is -0.216. The number of halogens is 1. The van der Waals surface area contributed by atoms with E-state index in [-0.39, 0.29) is 5.82 Å². The third-order valence-electron chi connectivity index (χ3n) is 2.27. The van der Waals surface area contributed by atoms with Crippen molar-refractivity contribution < 1.29 is 4.39 Å². The van der Waals surface area contributed by atoms with Crippen LogP contribution in [0.4, 0.5) is 4.39 Å². The summed E-state index contributed by atoms with van der Waals surface area (Å²) in [4.78, 5) is 3.90. The van der Waals surface area contributed by atoms with Crippen LogP contribution in [-0.2, 0) is 13.1 Å². The van der Waals surface area contributed by atoms with Crippen molar-refractivity contribution in [1.82, 2.24) is 9.55 Å². The number of imidazole rings is 1. The van der Waals surface area contributed by atoms with Crippen LogP contribution in [0, 0.1) is 5.82 Å². The normalized spacial score (nSPS) is 10.5. The molecule has 0 spiro atoms. The highest BCUT2D eigenvalue weighted by molar-refractivity contribution is 5.24. The lowest BCUT2D eigenvalue weighted by Gasteiger charge is -2.05. The van der Waals surface area contributed by atoms with E-state index in [4.69, 9.17) is 5.73 Å². The first-order valence-electron chi connectivity index (χ1n) is 4.72. The van der Waals surface area contributed by atoms with Crippen molar-refractivity contribution in [2.24, 2.45) is 5.73 Å². The number of hydrogen-bond donors (Lipinski definition) is 1.